The van der Waals surface area contributed by atoms with E-state index in [0.29, 0.717) is 11.5 Å². The minimum absolute atomic E-state index is 0.169. The number of aryl methyl sites for hydroxylation is 1. The number of benzene rings is 2. The number of hydrogen-bond donors (Lipinski definition) is 1. The van der Waals surface area contributed by atoms with Gasteiger partial charge in [0.25, 0.3) is 5.91 Å². The van der Waals surface area contributed by atoms with Crippen molar-refractivity contribution in [3.8, 4) is 11.5 Å². The second-order valence-corrected chi connectivity index (χ2v) is 5.40. The molecule has 0 bridgehead atoms. The number of hydrazone groups is 1. The van der Waals surface area contributed by atoms with Crippen molar-refractivity contribution >= 4 is 11.6 Å². The summed E-state index contributed by atoms with van der Waals surface area (Å²) in [5.41, 5.74) is 5.41. The Labute approximate surface area is 134 Å². The van der Waals surface area contributed by atoms with Crippen LogP contribution in [0.4, 0.5) is 0 Å². The summed E-state index contributed by atoms with van der Waals surface area (Å²) in [6.07, 6.45) is -0.709. The average Bonchev–Trinajstić information content (AvgIpc) is 2.59. The fourth-order valence-corrected chi connectivity index (χ4v) is 2.22. The maximum atomic E-state index is 12.2. The van der Waals surface area contributed by atoms with Gasteiger partial charge in [-0.1, -0.05) is 42.0 Å². The molecule has 5 heteroatoms. The van der Waals surface area contributed by atoms with Crippen LogP contribution in [0.5, 0.6) is 11.5 Å². The quantitative estimate of drug-likeness (QED) is 0.700. The van der Waals surface area contributed by atoms with Crippen LogP contribution >= 0.6 is 0 Å². The molecule has 0 radical (unpaired) electrons. The molecule has 118 valence electrons. The number of carbonyl (C=O) groups is 1. The molecular weight excluding hydrogens is 292 g/mol. The first kappa shape index (κ1) is 15.1. The van der Waals surface area contributed by atoms with E-state index in [-0.39, 0.29) is 12.5 Å². The second-order valence-electron chi connectivity index (χ2n) is 5.40. The van der Waals surface area contributed by atoms with Gasteiger partial charge in [0.15, 0.2) is 11.5 Å². The number of nitrogens with one attached hydrogen (secondary N) is 1. The fraction of sp³-hybridized carbons (Fsp3) is 0.222. The van der Waals surface area contributed by atoms with Gasteiger partial charge in [-0.15, -0.1) is 0 Å². The van der Waals surface area contributed by atoms with Gasteiger partial charge in [-0.05, 0) is 31.5 Å². The Kier molecular flexibility index (Phi) is 4.28. The number of ether oxygens (including phenoxy) is 2. The third kappa shape index (κ3) is 3.51. The van der Waals surface area contributed by atoms with Gasteiger partial charge < -0.3 is 9.47 Å². The van der Waals surface area contributed by atoms with Crippen molar-refractivity contribution in [1.29, 1.82) is 0 Å². The van der Waals surface area contributed by atoms with Crippen LogP contribution in [0.3, 0.4) is 0 Å². The predicted molar refractivity (Wildman–Crippen MR) is 87.9 cm³/mol. The van der Waals surface area contributed by atoms with Crippen LogP contribution in [0.1, 0.15) is 18.1 Å². The molecule has 3 rings (SSSR count). The number of para-hydroxylation sites is 2. The van der Waals surface area contributed by atoms with E-state index in [1.807, 2.05) is 56.3 Å². The van der Waals surface area contributed by atoms with Crippen LogP contribution in [-0.4, -0.2) is 24.3 Å². The molecule has 1 amide bonds. The summed E-state index contributed by atoms with van der Waals surface area (Å²) in [5.74, 6) is 0.889. The molecule has 0 aromatic heterocycles. The molecule has 0 saturated heterocycles. The van der Waals surface area contributed by atoms with Crippen molar-refractivity contribution in [2.75, 3.05) is 6.61 Å². The third-order valence-corrected chi connectivity index (χ3v) is 3.60. The lowest BCUT2D eigenvalue weighted by Crippen LogP contribution is -2.42. The largest absolute Gasteiger partial charge is 0.485 e. The number of amides is 1. The highest BCUT2D eigenvalue weighted by Gasteiger charge is 2.27. The first-order valence-electron chi connectivity index (χ1n) is 7.43. The van der Waals surface area contributed by atoms with Crippen LogP contribution in [-0.2, 0) is 4.79 Å². The first-order valence-corrected chi connectivity index (χ1v) is 7.43. The summed E-state index contributed by atoms with van der Waals surface area (Å²) in [4.78, 5) is 12.2. The van der Waals surface area contributed by atoms with Gasteiger partial charge >= 0.3 is 0 Å². The SMILES string of the molecule is C/C(=N/NC(=O)[C@@H]1COc2ccccc2O1)c1ccc(C)cc1. The lowest BCUT2D eigenvalue weighted by atomic mass is 10.1. The topological polar surface area (TPSA) is 59.9 Å². The highest BCUT2D eigenvalue weighted by molar-refractivity contribution is 5.99. The summed E-state index contributed by atoms with van der Waals surface area (Å²) in [6.45, 7) is 4.04. The molecule has 1 aliphatic rings. The maximum absolute atomic E-state index is 12.2. The molecule has 2 aromatic carbocycles. The fourth-order valence-electron chi connectivity index (χ4n) is 2.22. The lowest BCUT2D eigenvalue weighted by molar-refractivity contribution is -0.130. The van der Waals surface area contributed by atoms with E-state index < -0.39 is 6.10 Å². The van der Waals surface area contributed by atoms with Crippen molar-refractivity contribution in [2.24, 2.45) is 5.10 Å². The Hall–Kier alpha value is -2.82. The molecule has 1 N–H and O–H groups in total. The molecular formula is C18H18N2O3. The molecule has 23 heavy (non-hydrogen) atoms. The van der Waals surface area contributed by atoms with E-state index in [1.54, 1.807) is 6.07 Å². The van der Waals surface area contributed by atoms with Crippen molar-refractivity contribution < 1.29 is 14.3 Å². The molecule has 0 spiro atoms. The third-order valence-electron chi connectivity index (χ3n) is 3.60. The summed E-state index contributed by atoms with van der Waals surface area (Å²) >= 11 is 0. The Morgan fingerprint density at radius 2 is 1.83 bits per heavy atom. The van der Waals surface area contributed by atoms with Crippen LogP contribution in [0.25, 0.3) is 0 Å². The molecule has 0 unspecified atom stereocenters. The van der Waals surface area contributed by atoms with E-state index in [2.05, 4.69) is 10.5 Å². The lowest BCUT2D eigenvalue weighted by Gasteiger charge is -2.24. The molecule has 1 atom stereocenters. The van der Waals surface area contributed by atoms with E-state index in [0.717, 1.165) is 11.3 Å². The summed E-state index contributed by atoms with van der Waals surface area (Å²) in [7, 11) is 0. The standard InChI is InChI=1S/C18H18N2O3/c1-12-7-9-14(10-8-12)13(2)19-20-18(21)17-11-22-15-5-3-4-6-16(15)23-17/h3-10,17H,11H2,1-2H3,(H,20,21)/b19-13-/t17-/m0/s1. The van der Waals surface area contributed by atoms with Crippen molar-refractivity contribution in [3.63, 3.8) is 0 Å². The number of fused-ring (bicyclic) bond motifs is 1. The smallest absolute Gasteiger partial charge is 0.284 e. The van der Waals surface area contributed by atoms with Crippen LogP contribution in [0, 0.1) is 6.92 Å². The van der Waals surface area contributed by atoms with Crippen LogP contribution in [0.15, 0.2) is 53.6 Å². The van der Waals surface area contributed by atoms with Crippen LogP contribution < -0.4 is 14.9 Å². The Balaban J connectivity index is 1.63. The molecule has 0 aliphatic carbocycles. The second kappa shape index (κ2) is 6.52. The number of carbonyl (C=O) groups excluding carboxylic acids is 1. The van der Waals surface area contributed by atoms with E-state index in [4.69, 9.17) is 9.47 Å². The molecule has 5 nitrogen and oxygen atoms in total. The van der Waals surface area contributed by atoms with E-state index in [1.165, 1.54) is 5.56 Å². The average molecular weight is 310 g/mol. The maximum Gasteiger partial charge on any atom is 0.284 e. The van der Waals surface area contributed by atoms with Gasteiger partial charge in [-0.3, -0.25) is 4.79 Å². The molecule has 0 fully saturated rings. The van der Waals surface area contributed by atoms with Gasteiger partial charge in [-0.2, -0.15) is 5.10 Å². The zero-order valence-electron chi connectivity index (χ0n) is 13.1. The normalized spacial score (nSPS) is 16.8. The molecule has 0 saturated carbocycles. The number of rotatable bonds is 3. The van der Waals surface area contributed by atoms with Crippen molar-refractivity contribution in [2.45, 2.75) is 20.0 Å². The highest BCUT2D eigenvalue weighted by Crippen LogP contribution is 2.30. The monoisotopic (exact) mass is 310 g/mol. The van der Waals surface area contributed by atoms with Gasteiger partial charge in [0.05, 0.1) is 5.71 Å². The zero-order valence-corrected chi connectivity index (χ0v) is 13.1. The number of hydrogen-bond acceptors (Lipinski definition) is 4. The number of nitrogens with zero attached hydrogens (tertiary/aromatic N) is 1. The molecule has 1 aliphatic heterocycles. The molecule has 1 heterocycles. The Morgan fingerprint density at radius 1 is 1.13 bits per heavy atom. The summed E-state index contributed by atoms with van der Waals surface area (Å²) in [5, 5.41) is 4.14. The van der Waals surface area contributed by atoms with Gasteiger partial charge in [0.2, 0.25) is 6.10 Å². The van der Waals surface area contributed by atoms with Crippen molar-refractivity contribution in [3.05, 3.63) is 59.7 Å². The Morgan fingerprint density at radius 3 is 2.57 bits per heavy atom. The van der Waals surface area contributed by atoms with Gasteiger partial charge in [-0.25, -0.2) is 5.43 Å². The Bertz CT molecular complexity index is 738. The minimum atomic E-state index is -0.709. The van der Waals surface area contributed by atoms with Gasteiger partial charge in [0, 0.05) is 0 Å². The first-order chi connectivity index (χ1) is 11.1. The predicted octanol–water partition coefficient (Wildman–Crippen LogP) is 2.68. The summed E-state index contributed by atoms with van der Waals surface area (Å²) < 4.78 is 11.2. The van der Waals surface area contributed by atoms with E-state index >= 15 is 0 Å². The summed E-state index contributed by atoms with van der Waals surface area (Å²) in [6, 6.07) is 15.2. The van der Waals surface area contributed by atoms with Crippen molar-refractivity contribution in [1.82, 2.24) is 5.43 Å². The minimum Gasteiger partial charge on any atom is -0.485 e. The van der Waals surface area contributed by atoms with Gasteiger partial charge in [0.1, 0.15) is 6.61 Å². The molecule has 2 aromatic rings. The van der Waals surface area contributed by atoms with Crippen LogP contribution in [0.2, 0.25) is 0 Å². The highest BCUT2D eigenvalue weighted by atomic mass is 16.6. The zero-order chi connectivity index (χ0) is 16.2. The van der Waals surface area contributed by atoms with E-state index in [9.17, 15) is 4.79 Å².